The minimum atomic E-state index is -0.246. The smallest absolute Gasteiger partial charge is 0.142 e. The van der Waals surface area contributed by atoms with E-state index in [1.165, 1.54) is 0 Å². The first kappa shape index (κ1) is 16.0. The Morgan fingerprint density at radius 2 is 1.95 bits per heavy atom. The van der Waals surface area contributed by atoms with E-state index >= 15 is 0 Å². The van der Waals surface area contributed by atoms with E-state index in [2.05, 4.69) is 37.2 Å². The average Bonchev–Trinajstić information content (AvgIpc) is 2.43. The van der Waals surface area contributed by atoms with E-state index in [1.807, 2.05) is 25.1 Å². The van der Waals surface area contributed by atoms with Crippen LogP contribution < -0.4 is 5.32 Å². The number of rotatable bonds is 4. The Morgan fingerprint density at radius 3 is 2.60 bits per heavy atom. The van der Waals surface area contributed by atoms with Crippen molar-refractivity contribution in [3.8, 4) is 0 Å². The summed E-state index contributed by atoms with van der Waals surface area (Å²) < 4.78 is 15.6. The maximum Gasteiger partial charge on any atom is 0.142 e. The van der Waals surface area contributed by atoms with Crippen LogP contribution in [0.4, 0.5) is 4.39 Å². The van der Waals surface area contributed by atoms with Gasteiger partial charge in [-0.2, -0.15) is 0 Å². The third kappa shape index (κ3) is 3.42. The van der Waals surface area contributed by atoms with Gasteiger partial charge in [0.15, 0.2) is 0 Å². The summed E-state index contributed by atoms with van der Waals surface area (Å²) in [5.41, 5.74) is 1.57. The summed E-state index contributed by atoms with van der Waals surface area (Å²) in [5.74, 6) is -0.246. The van der Waals surface area contributed by atoms with Crippen LogP contribution >= 0.6 is 43.5 Å². The van der Waals surface area contributed by atoms with Crippen LogP contribution in [0.5, 0.6) is 0 Å². The van der Waals surface area contributed by atoms with Crippen LogP contribution in [-0.4, -0.2) is 6.54 Å². The molecule has 0 saturated heterocycles. The Labute approximate surface area is 139 Å². The summed E-state index contributed by atoms with van der Waals surface area (Å²) in [4.78, 5) is 0. The minimum absolute atomic E-state index is 0.217. The largest absolute Gasteiger partial charge is 0.306 e. The second-order valence-electron chi connectivity index (χ2n) is 4.31. The fraction of sp³-hybridized carbons (Fsp3) is 0.200. The highest BCUT2D eigenvalue weighted by molar-refractivity contribution is 9.10. The predicted molar refractivity (Wildman–Crippen MR) is 88.8 cm³/mol. The molecular weight excluding hydrogens is 408 g/mol. The van der Waals surface area contributed by atoms with Gasteiger partial charge in [0.25, 0.3) is 0 Å². The summed E-state index contributed by atoms with van der Waals surface area (Å²) in [5, 5.41) is 3.94. The molecule has 5 heteroatoms. The van der Waals surface area contributed by atoms with Crippen LogP contribution in [0.2, 0.25) is 5.02 Å². The zero-order chi connectivity index (χ0) is 14.7. The number of nitrogens with one attached hydrogen (secondary N) is 1. The maximum atomic E-state index is 14.3. The van der Waals surface area contributed by atoms with Crippen molar-refractivity contribution in [1.29, 1.82) is 0 Å². The third-order valence-corrected chi connectivity index (χ3v) is 4.80. The zero-order valence-corrected chi connectivity index (χ0v) is 14.7. The topological polar surface area (TPSA) is 12.0 Å². The second kappa shape index (κ2) is 7.03. The van der Waals surface area contributed by atoms with Gasteiger partial charge in [0.05, 0.1) is 15.5 Å². The van der Waals surface area contributed by atoms with Gasteiger partial charge in [0.1, 0.15) is 5.82 Å². The molecule has 2 aromatic carbocycles. The molecule has 106 valence electrons. The van der Waals surface area contributed by atoms with E-state index < -0.39 is 0 Å². The van der Waals surface area contributed by atoms with Gasteiger partial charge in [0.2, 0.25) is 0 Å². The molecule has 0 heterocycles. The summed E-state index contributed by atoms with van der Waals surface area (Å²) in [6.07, 6.45) is 0. The van der Waals surface area contributed by atoms with E-state index in [0.29, 0.717) is 15.1 Å². The number of hydrogen-bond acceptors (Lipinski definition) is 1. The Bertz CT molecular complexity index is 619. The first-order chi connectivity index (χ1) is 9.54. The first-order valence-electron chi connectivity index (χ1n) is 6.16. The fourth-order valence-electron chi connectivity index (χ4n) is 2.05. The Hall–Kier alpha value is -0.420. The molecule has 1 unspecified atom stereocenters. The summed E-state index contributed by atoms with van der Waals surface area (Å²) in [6, 6.07) is 10.7. The molecule has 0 aromatic heterocycles. The van der Waals surface area contributed by atoms with Crippen LogP contribution in [-0.2, 0) is 0 Å². The van der Waals surface area contributed by atoms with Crippen LogP contribution in [0.15, 0.2) is 45.3 Å². The summed E-state index contributed by atoms with van der Waals surface area (Å²) in [6.45, 7) is 2.73. The van der Waals surface area contributed by atoms with Crippen molar-refractivity contribution >= 4 is 43.5 Å². The summed E-state index contributed by atoms with van der Waals surface area (Å²) >= 11 is 12.7. The van der Waals surface area contributed by atoms with Crippen molar-refractivity contribution in [3.63, 3.8) is 0 Å². The van der Waals surface area contributed by atoms with Crippen molar-refractivity contribution in [2.24, 2.45) is 0 Å². The molecule has 0 amide bonds. The minimum Gasteiger partial charge on any atom is -0.306 e. The average molecular weight is 422 g/mol. The van der Waals surface area contributed by atoms with E-state index in [1.54, 1.807) is 18.2 Å². The van der Waals surface area contributed by atoms with Gasteiger partial charge in [-0.25, -0.2) is 4.39 Å². The van der Waals surface area contributed by atoms with Crippen LogP contribution in [0.1, 0.15) is 24.1 Å². The number of hydrogen-bond donors (Lipinski definition) is 1. The fourth-order valence-corrected chi connectivity index (χ4v) is 2.94. The van der Waals surface area contributed by atoms with Gasteiger partial charge in [-0.3, -0.25) is 0 Å². The SMILES string of the molecule is CCNC(c1ccc(Cl)c(Br)c1)c1cccc(Br)c1F. The van der Waals surface area contributed by atoms with Crippen LogP contribution in [0.25, 0.3) is 0 Å². The molecule has 0 saturated carbocycles. The lowest BCUT2D eigenvalue weighted by molar-refractivity contribution is 0.555. The quantitative estimate of drug-likeness (QED) is 0.667. The molecule has 0 radical (unpaired) electrons. The van der Waals surface area contributed by atoms with Crippen LogP contribution in [0.3, 0.4) is 0 Å². The highest BCUT2D eigenvalue weighted by Crippen LogP contribution is 2.32. The normalized spacial score (nSPS) is 12.4. The van der Waals surface area contributed by atoms with E-state index in [4.69, 9.17) is 11.6 Å². The monoisotopic (exact) mass is 419 g/mol. The standard InChI is InChI=1S/C15H13Br2ClFN/c1-2-20-15(9-6-7-13(18)12(17)8-9)10-4-3-5-11(16)14(10)19/h3-8,15,20H,2H2,1H3. The molecular formula is C15H13Br2ClFN. The molecule has 0 bridgehead atoms. The molecule has 0 aliphatic carbocycles. The van der Waals surface area contributed by atoms with Crippen molar-refractivity contribution < 1.29 is 4.39 Å². The molecule has 0 aliphatic heterocycles. The zero-order valence-electron chi connectivity index (χ0n) is 10.8. The predicted octanol–water partition coefficient (Wildman–Crippen LogP) is 5.70. The van der Waals surface area contributed by atoms with Crippen molar-refractivity contribution in [1.82, 2.24) is 5.32 Å². The van der Waals surface area contributed by atoms with Gasteiger partial charge >= 0.3 is 0 Å². The van der Waals surface area contributed by atoms with E-state index in [9.17, 15) is 4.39 Å². The molecule has 2 aromatic rings. The molecule has 1 N–H and O–H groups in total. The highest BCUT2D eigenvalue weighted by Gasteiger charge is 2.19. The van der Waals surface area contributed by atoms with Crippen molar-refractivity contribution in [2.45, 2.75) is 13.0 Å². The molecule has 20 heavy (non-hydrogen) atoms. The molecule has 2 rings (SSSR count). The van der Waals surface area contributed by atoms with Gasteiger partial charge in [0, 0.05) is 10.0 Å². The molecule has 0 spiro atoms. The van der Waals surface area contributed by atoms with Gasteiger partial charge in [-0.15, -0.1) is 0 Å². The van der Waals surface area contributed by atoms with Crippen LogP contribution in [0, 0.1) is 5.82 Å². The third-order valence-electron chi connectivity index (χ3n) is 2.98. The number of halogens is 4. The van der Waals surface area contributed by atoms with Crippen molar-refractivity contribution in [3.05, 3.63) is 67.3 Å². The van der Waals surface area contributed by atoms with Gasteiger partial charge in [-0.1, -0.05) is 36.7 Å². The van der Waals surface area contributed by atoms with Gasteiger partial charge in [-0.05, 0) is 62.2 Å². The summed E-state index contributed by atoms with van der Waals surface area (Å²) in [7, 11) is 0. The molecule has 1 nitrogen and oxygen atoms in total. The Balaban J connectivity index is 2.50. The Kier molecular flexibility index (Phi) is 5.61. The maximum absolute atomic E-state index is 14.3. The second-order valence-corrected chi connectivity index (χ2v) is 6.42. The lowest BCUT2D eigenvalue weighted by atomic mass is 9.98. The van der Waals surface area contributed by atoms with E-state index in [0.717, 1.165) is 16.6 Å². The molecule has 0 fully saturated rings. The lowest BCUT2D eigenvalue weighted by Gasteiger charge is -2.20. The molecule has 1 atom stereocenters. The first-order valence-corrected chi connectivity index (χ1v) is 8.13. The molecule has 0 aliphatic rings. The number of benzene rings is 2. The van der Waals surface area contributed by atoms with Crippen molar-refractivity contribution in [2.75, 3.05) is 6.54 Å². The van der Waals surface area contributed by atoms with E-state index in [-0.39, 0.29) is 11.9 Å². The van der Waals surface area contributed by atoms with Gasteiger partial charge < -0.3 is 5.32 Å². The highest BCUT2D eigenvalue weighted by atomic mass is 79.9. The lowest BCUT2D eigenvalue weighted by Crippen LogP contribution is -2.23. The Morgan fingerprint density at radius 1 is 1.20 bits per heavy atom.